The average molecular weight is 347 g/mol. The maximum Gasteiger partial charge on any atom is 0.306 e. The minimum absolute atomic E-state index is 0.0686. The summed E-state index contributed by atoms with van der Waals surface area (Å²) in [5.74, 6) is -0.656. The summed E-state index contributed by atoms with van der Waals surface area (Å²) in [6.45, 7) is 2.53. The fourth-order valence-corrected chi connectivity index (χ4v) is 2.04. The van der Waals surface area contributed by atoms with Crippen molar-refractivity contribution in [2.75, 3.05) is 6.61 Å². The molecule has 0 saturated heterocycles. The van der Waals surface area contributed by atoms with E-state index in [1.54, 1.807) is 18.2 Å². The van der Waals surface area contributed by atoms with E-state index in [0.29, 0.717) is 28.6 Å². The van der Waals surface area contributed by atoms with E-state index in [1.165, 1.54) is 0 Å². The Morgan fingerprint density at radius 3 is 2.41 bits per heavy atom. The molecule has 0 unspecified atom stereocenters. The maximum absolute atomic E-state index is 11.6. The normalized spacial score (nSPS) is 10.3. The second-order valence-corrected chi connectivity index (χ2v) is 5.59. The van der Waals surface area contributed by atoms with E-state index in [1.807, 2.05) is 6.92 Å². The lowest BCUT2D eigenvalue weighted by molar-refractivity contribution is -0.146. The van der Waals surface area contributed by atoms with Gasteiger partial charge in [0.2, 0.25) is 0 Å². The van der Waals surface area contributed by atoms with E-state index < -0.39 is 0 Å². The van der Waals surface area contributed by atoms with Gasteiger partial charge in [-0.25, -0.2) is 0 Å². The zero-order valence-corrected chi connectivity index (χ0v) is 14.1. The van der Waals surface area contributed by atoms with Crippen LogP contribution in [0.25, 0.3) is 0 Å². The third-order valence-electron chi connectivity index (χ3n) is 2.94. The van der Waals surface area contributed by atoms with E-state index in [4.69, 9.17) is 32.7 Å². The molecule has 1 aromatic carbocycles. The summed E-state index contributed by atoms with van der Waals surface area (Å²) >= 11 is 11.9. The Morgan fingerprint density at radius 2 is 1.73 bits per heavy atom. The van der Waals surface area contributed by atoms with Gasteiger partial charge in [0.15, 0.2) is 0 Å². The number of carbonyl (C=O) groups is 2. The van der Waals surface area contributed by atoms with Crippen LogP contribution >= 0.6 is 23.2 Å². The van der Waals surface area contributed by atoms with Crippen LogP contribution in [-0.4, -0.2) is 18.5 Å². The molecule has 0 amide bonds. The van der Waals surface area contributed by atoms with Crippen LogP contribution in [0.2, 0.25) is 10.0 Å². The Bertz CT molecular complexity index is 503. The molecule has 1 aromatic rings. The highest BCUT2D eigenvalue weighted by molar-refractivity contribution is 6.42. The first-order valence-corrected chi connectivity index (χ1v) is 8.04. The topological polar surface area (TPSA) is 52.6 Å². The van der Waals surface area contributed by atoms with Crippen molar-refractivity contribution < 1.29 is 19.1 Å². The third kappa shape index (κ3) is 7.14. The molecule has 0 saturated carbocycles. The molecule has 0 atom stereocenters. The van der Waals surface area contributed by atoms with Crippen molar-refractivity contribution in [3.8, 4) is 0 Å². The van der Waals surface area contributed by atoms with Crippen LogP contribution < -0.4 is 0 Å². The highest BCUT2D eigenvalue weighted by atomic mass is 35.5. The monoisotopic (exact) mass is 346 g/mol. The predicted molar refractivity (Wildman–Crippen MR) is 86.0 cm³/mol. The first-order valence-electron chi connectivity index (χ1n) is 7.28. The number of hydrogen-bond donors (Lipinski definition) is 0. The van der Waals surface area contributed by atoms with Crippen LogP contribution in [0, 0.1) is 0 Å². The number of rotatable bonds is 9. The van der Waals surface area contributed by atoms with Crippen molar-refractivity contribution in [2.45, 2.75) is 45.6 Å². The fourth-order valence-electron chi connectivity index (χ4n) is 1.67. The van der Waals surface area contributed by atoms with Gasteiger partial charge in [0.1, 0.15) is 6.61 Å². The van der Waals surface area contributed by atoms with E-state index in [-0.39, 0.29) is 31.4 Å². The molecule has 0 aliphatic carbocycles. The molecule has 0 aliphatic heterocycles. The Balaban J connectivity index is 2.21. The Morgan fingerprint density at radius 1 is 1.05 bits per heavy atom. The van der Waals surface area contributed by atoms with Gasteiger partial charge in [-0.3, -0.25) is 9.59 Å². The van der Waals surface area contributed by atoms with Crippen molar-refractivity contribution in [3.63, 3.8) is 0 Å². The number of unbranched alkanes of at least 4 members (excludes halogenated alkanes) is 1. The predicted octanol–water partition coefficient (Wildman–Crippen LogP) is 4.55. The Kier molecular flexibility index (Phi) is 8.94. The van der Waals surface area contributed by atoms with Crippen molar-refractivity contribution in [2.24, 2.45) is 0 Å². The third-order valence-corrected chi connectivity index (χ3v) is 3.80. The van der Waals surface area contributed by atoms with Crippen molar-refractivity contribution >= 4 is 35.1 Å². The number of benzene rings is 1. The number of carbonyl (C=O) groups excluding carboxylic acids is 2. The molecule has 122 valence electrons. The first-order chi connectivity index (χ1) is 10.5. The summed E-state index contributed by atoms with van der Waals surface area (Å²) in [5.41, 5.74) is 0.654. The summed E-state index contributed by atoms with van der Waals surface area (Å²) in [7, 11) is 0. The van der Waals surface area contributed by atoms with E-state index in [0.717, 1.165) is 12.8 Å². The quantitative estimate of drug-likeness (QED) is 0.486. The molecule has 0 bridgehead atoms. The minimum atomic E-state index is -0.377. The van der Waals surface area contributed by atoms with Crippen molar-refractivity contribution in [3.05, 3.63) is 33.8 Å². The highest BCUT2D eigenvalue weighted by Gasteiger charge is 2.09. The maximum atomic E-state index is 11.6. The molecule has 0 heterocycles. The van der Waals surface area contributed by atoms with E-state index in [2.05, 4.69) is 0 Å². The van der Waals surface area contributed by atoms with Crippen molar-refractivity contribution in [1.82, 2.24) is 0 Å². The standard InChI is InChI=1S/C16H20Cl2O4/c1-2-3-10-21-14(19)8-5-9-15(20)22-11-12-6-4-7-13(17)16(12)18/h4,6-7H,2-3,5,8-11H2,1H3. The van der Waals surface area contributed by atoms with Crippen molar-refractivity contribution in [1.29, 1.82) is 0 Å². The molecule has 4 nitrogen and oxygen atoms in total. The number of esters is 2. The SMILES string of the molecule is CCCCOC(=O)CCCC(=O)OCc1cccc(Cl)c1Cl. The zero-order chi connectivity index (χ0) is 16.4. The molecule has 6 heteroatoms. The van der Waals surface area contributed by atoms with Gasteiger partial charge in [0.05, 0.1) is 16.7 Å². The number of hydrogen-bond acceptors (Lipinski definition) is 4. The fraction of sp³-hybridized carbons (Fsp3) is 0.500. The van der Waals surface area contributed by atoms with Gasteiger partial charge < -0.3 is 9.47 Å². The van der Waals surface area contributed by atoms with Crippen LogP contribution in [0.4, 0.5) is 0 Å². The zero-order valence-electron chi connectivity index (χ0n) is 12.6. The summed E-state index contributed by atoms with van der Waals surface area (Å²) in [5, 5.41) is 0.807. The molecular weight excluding hydrogens is 327 g/mol. The second-order valence-electron chi connectivity index (χ2n) is 4.80. The Hall–Kier alpha value is -1.26. The molecule has 1 rings (SSSR count). The molecule has 0 spiro atoms. The molecule has 22 heavy (non-hydrogen) atoms. The summed E-state index contributed by atoms with van der Waals surface area (Å²) in [6.07, 6.45) is 2.63. The minimum Gasteiger partial charge on any atom is -0.466 e. The lowest BCUT2D eigenvalue weighted by Crippen LogP contribution is -2.09. The van der Waals surface area contributed by atoms with Gasteiger partial charge in [-0.15, -0.1) is 0 Å². The van der Waals surface area contributed by atoms with Gasteiger partial charge in [0, 0.05) is 18.4 Å². The van der Waals surface area contributed by atoms with E-state index in [9.17, 15) is 9.59 Å². The van der Waals surface area contributed by atoms with Gasteiger partial charge in [-0.2, -0.15) is 0 Å². The molecular formula is C16H20Cl2O4. The molecule has 0 aromatic heterocycles. The summed E-state index contributed by atoms with van der Waals surface area (Å²) in [4.78, 5) is 23.0. The molecule has 0 aliphatic rings. The van der Waals surface area contributed by atoms with Gasteiger partial charge in [-0.05, 0) is 18.9 Å². The second kappa shape index (κ2) is 10.5. The first kappa shape index (κ1) is 18.8. The number of ether oxygens (including phenoxy) is 2. The highest BCUT2D eigenvalue weighted by Crippen LogP contribution is 2.26. The van der Waals surface area contributed by atoms with Gasteiger partial charge in [-0.1, -0.05) is 48.7 Å². The molecule has 0 fully saturated rings. The van der Waals surface area contributed by atoms with Gasteiger partial charge in [0.25, 0.3) is 0 Å². The van der Waals surface area contributed by atoms with Gasteiger partial charge >= 0.3 is 11.9 Å². The number of halogens is 2. The average Bonchev–Trinajstić information content (AvgIpc) is 2.49. The van der Waals surface area contributed by atoms with Crippen LogP contribution in [0.5, 0.6) is 0 Å². The van der Waals surface area contributed by atoms with E-state index >= 15 is 0 Å². The lowest BCUT2D eigenvalue weighted by atomic mass is 10.2. The molecule has 0 N–H and O–H groups in total. The van der Waals surface area contributed by atoms with Crippen LogP contribution in [0.3, 0.4) is 0 Å². The Labute approximate surface area is 140 Å². The summed E-state index contributed by atoms with van der Waals surface area (Å²) in [6, 6.07) is 5.15. The lowest BCUT2D eigenvalue weighted by Gasteiger charge is -2.07. The summed E-state index contributed by atoms with van der Waals surface area (Å²) < 4.78 is 10.1. The van der Waals surface area contributed by atoms with Crippen LogP contribution in [0.15, 0.2) is 18.2 Å². The van der Waals surface area contributed by atoms with Crippen LogP contribution in [0.1, 0.15) is 44.6 Å². The smallest absolute Gasteiger partial charge is 0.306 e. The van der Waals surface area contributed by atoms with Crippen LogP contribution in [-0.2, 0) is 25.7 Å². The largest absolute Gasteiger partial charge is 0.466 e. The molecule has 0 radical (unpaired) electrons.